The van der Waals surface area contributed by atoms with Gasteiger partial charge in [-0.1, -0.05) is 83.3 Å². The summed E-state index contributed by atoms with van der Waals surface area (Å²) in [5.74, 6) is 0.540. The van der Waals surface area contributed by atoms with Gasteiger partial charge in [-0.15, -0.1) is 0 Å². The predicted molar refractivity (Wildman–Crippen MR) is 88.9 cm³/mol. The quantitative estimate of drug-likeness (QED) is 0.342. The van der Waals surface area contributed by atoms with Gasteiger partial charge in [0.1, 0.15) is 0 Å². The fraction of sp³-hybridized carbons (Fsp3) is 0.895. The van der Waals surface area contributed by atoms with E-state index in [0.717, 1.165) is 12.8 Å². The third kappa shape index (κ3) is 8.79. The Bertz CT molecular complexity index is 234. The zero-order chi connectivity index (χ0) is 14.5. The maximum Gasteiger partial charge on any atom is 0.0571 e. The van der Waals surface area contributed by atoms with E-state index in [1.165, 1.54) is 77.0 Å². The molecular weight excluding hydrogens is 244 g/mol. The van der Waals surface area contributed by atoms with Gasteiger partial charge in [0.25, 0.3) is 0 Å². The van der Waals surface area contributed by atoms with Gasteiger partial charge in [0.2, 0.25) is 0 Å². The van der Waals surface area contributed by atoms with Crippen molar-refractivity contribution in [3.63, 3.8) is 0 Å². The average molecular weight is 280 g/mol. The van der Waals surface area contributed by atoms with Crippen molar-refractivity contribution in [1.29, 1.82) is 0 Å². The molecular formula is C19H36O. The maximum absolute atomic E-state index is 10.2. The van der Waals surface area contributed by atoms with Gasteiger partial charge in [0.05, 0.1) is 6.10 Å². The second kappa shape index (κ2) is 12.4. The van der Waals surface area contributed by atoms with Crippen molar-refractivity contribution in [2.24, 2.45) is 5.92 Å². The van der Waals surface area contributed by atoms with Crippen molar-refractivity contribution >= 4 is 0 Å². The lowest BCUT2D eigenvalue weighted by Gasteiger charge is -2.23. The van der Waals surface area contributed by atoms with Crippen LogP contribution in [0.15, 0.2) is 12.2 Å². The molecule has 0 amide bonds. The van der Waals surface area contributed by atoms with Crippen LogP contribution in [0.2, 0.25) is 0 Å². The SMILES string of the molecule is CCCCCCCCCCCCC(O)C1CC=CCC1. The Morgan fingerprint density at radius 2 is 1.50 bits per heavy atom. The number of allylic oxidation sites excluding steroid dienone is 2. The molecule has 0 heterocycles. The first-order valence-electron chi connectivity index (χ1n) is 9.17. The molecule has 20 heavy (non-hydrogen) atoms. The lowest BCUT2D eigenvalue weighted by Crippen LogP contribution is -2.21. The first-order chi connectivity index (χ1) is 9.84. The van der Waals surface area contributed by atoms with Crippen LogP contribution in [0.5, 0.6) is 0 Å². The highest BCUT2D eigenvalue weighted by Crippen LogP contribution is 2.24. The van der Waals surface area contributed by atoms with Crippen LogP contribution in [0.1, 0.15) is 96.8 Å². The first-order valence-corrected chi connectivity index (χ1v) is 9.17. The summed E-state index contributed by atoms with van der Waals surface area (Å²) in [5.41, 5.74) is 0. The highest BCUT2D eigenvalue weighted by atomic mass is 16.3. The molecule has 1 heteroatoms. The molecule has 2 atom stereocenters. The first kappa shape index (κ1) is 17.8. The molecule has 1 aliphatic rings. The largest absolute Gasteiger partial charge is 0.393 e. The highest BCUT2D eigenvalue weighted by molar-refractivity contribution is 4.92. The lowest BCUT2D eigenvalue weighted by atomic mass is 9.87. The molecule has 0 spiro atoms. The number of unbranched alkanes of at least 4 members (excludes halogenated alkanes) is 9. The number of rotatable bonds is 12. The van der Waals surface area contributed by atoms with Crippen molar-refractivity contribution in [2.45, 2.75) is 103 Å². The molecule has 1 aliphatic carbocycles. The third-order valence-electron chi connectivity index (χ3n) is 4.71. The number of aliphatic hydroxyl groups excluding tert-OH is 1. The van der Waals surface area contributed by atoms with Gasteiger partial charge in [-0.3, -0.25) is 0 Å². The molecule has 1 rings (SSSR count). The van der Waals surface area contributed by atoms with Crippen molar-refractivity contribution in [2.75, 3.05) is 0 Å². The Morgan fingerprint density at radius 3 is 2.05 bits per heavy atom. The van der Waals surface area contributed by atoms with E-state index in [4.69, 9.17) is 0 Å². The molecule has 1 N–H and O–H groups in total. The molecule has 2 unspecified atom stereocenters. The van der Waals surface area contributed by atoms with E-state index in [9.17, 15) is 5.11 Å². The van der Waals surface area contributed by atoms with E-state index in [0.29, 0.717) is 5.92 Å². The summed E-state index contributed by atoms with van der Waals surface area (Å²) in [6, 6.07) is 0. The summed E-state index contributed by atoms with van der Waals surface area (Å²) >= 11 is 0. The summed E-state index contributed by atoms with van der Waals surface area (Å²) in [7, 11) is 0. The minimum absolute atomic E-state index is 0.0472. The Morgan fingerprint density at radius 1 is 0.900 bits per heavy atom. The summed E-state index contributed by atoms with van der Waals surface area (Å²) < 4.78 is 0. The van der Waals surface area contributed by atoms with E-state index in [1.807, 2.05) is 0 Å². The van der Waals surface area contributed by atoms with E-state index >= 15 is 0 Å². The number of hydrogen-bond acceptors (Lipinski definition) is 1. The number of aliphatic hydroxyl groups is 1. The Hall–Kier alpha value is -0.300. The summed E-state index contributed by atoms with van der Waals surface area (Å²) in [6.07, 6.45) is 22.7. The minimum atomic E-state index is -0.0472. The zero-order valence-electron chi connectivity index (χ0n) is 13.7. The van der Waals surface area contributed by atoms with Crippen molar-refractivity contribution < 1.29 is 5.11 Å². The smallest absolute Gasteiger partial charge is 0.0571 e. The topological polar surface area (TPSA) is 20.2 Å². The fourth-order valence-electron chi connectivity index (χ4n) is 3.24. The summed E-state index contributed by atoms with van der Waals surface area (Å²) in [4.78, 5) is 0. The standard InChI is InChI=1S/C19H36O/c1-2-3-4-5-6-7-8-9-10-14-17-19(20)18-15-12-11-13-16-18/h11-12,18-20H,2-10,13-17H2,1H3. The molecule has 0 aromatic carbocycles. The van der Waals surface area contributed by atoms with E-state index in [2.05, 4.69) is 19.1 Å². The molecule has 0 aliphatic heterocycles. The summed E-state index contributed by atoms with van der Waals surface area (Å²) in [6.45, 7) is 2.28. The van der Waals surface area contributed by atoms with Gasteiger partial charge in [-0.2, -0.15) is 0 Å². The van der Waals surface area contributed by atoms with E-state index in [1.54, 1.807) is 0 Å². The van der Waals surface area contributed by atoms with E-state index in [-0.39, 0.29) is 6.10 Å². The Balaban J connectivity index is 1.83. The molecule has 0 fully saturated rings. The second-order valence-electron chi connectivity index (χ2n) is 6.58. The normalized spacial score (nSPS) is 20.2. The van der Waals surface area contributed by atoms with Crippen molar-refractivity contribution in [3.8, 4) is 0 Å². The van der Waals surface area contributed by atoms with Crippen molar-refractivity contribution in [1.82, 2.24) is 0 Å². The predicted octanol–water partition coefficient (Wildman–Crippen LogP) is 6.01. The van der Waals surface area contributed by atoms with Crippen LogP contribution in [0, 0.1) is 5.92 Å². The molecule has 0 saturated heterocycles. The van der Waals surface area contributed by atoms with Crippen LogP contribution >= 0.6 is 0 Å². The molecule has 0 aromatic rings. The molecule has 0 aromatic heterocycles. The molecule has 0 bridgehead atoms. The van der Waals surface area contributed by atoms with Crippen LogP contribution in [0.25, 0.3) is 0 Å². The molecule has 118 valence electrons. The van der Waals surface area contributed by atoms with Crippen molar-refractivity contribution in [3.05, 3.63) is 12.2 Å². The van der Waals surface area contributed by atoms with Crippen LogP contribution in [-0.2, 0) is 0 Å². The zero-order valence-corrected chi connectivity index (χ0v) is 13.7. The fourth-order valence-corrected chi connectivity index (χ4v) is 3.24. The van der Waals surface area contributed by atoms with Crippen LogP contribution < -0.4 is 0 Å². The Labute approximate surface area is 126 Å². The lowest BCUT2D eigenvalue weighted by molar-refractivity contribution is 0.0907. The van der Waals surface area contributed by atoms with Gasteiger partial charge in [-0.05, 0) is 31.6 Å². The number of hydrogen-bond donors (Lipinski definition) is 1. The van der Waals surface area contributed by atoms with Gasteiger partial charge in [-0.25, -0.2) is 0 Å². The monoisotopic (exact) mass is 280 g/mol. The summed E-state index contributed by atoms with van der Waals surface area (Å²) in [5, 5.41) is 10.2. The van der Waals surface area contributed by atoms with Gasteiger partial charge in [0, 0.05) is 0 Å². The molecule has 0 saturated carbocycles. The van der Waals surface area contributed by atoms with E-state index < -0.39 is 0 Å². The minimum Gasteiger partial charge on any atom is -0.393 e. The van der Waals surface area contributed by atoms with Crippen LogP contribution in [0.3, 0.4) is 0 Å². The third-order valence-corrected chi connectivity index (χ3v) is 4.71. The highest BCUT2D eigenvalue weighted by Gasteiger charge is 2.18. The average Bonchev–Trinajstić information content (AvgIpc) is 2.50. The molecule has 0 radical (unpaired) electrons. The van der Waals surface area contributed by atoms with Gasteiger partial charge < -0.3 is 5.11 Å². The van der Waals surface area contributed by atoms with Crippen LogP contribution in [0.4, 0.5) is 0 Å². The Kier molecular flexibility index (Phi) is 11.0. The van der Waals surface area contributed by atoms with Gasteiger partial charge >= 0.3 is 0 Å². The van der Waals surface area contributed by atoms with Crippen LogP contribution in [-0.4, -0.2) is 11.2 Å². The van der Waals surface area contributed by atoms with Gasteiger partial charge in [0.15, 0.2) is 0 Å². The maximum atomic E-state index is 10.2. The molecule has 1 nitrogen and oxygen atoms in total. The second-order valence-corrected chi connectivity index (χ2v) is 6.58.